The molecular weight excluding hydrogens is 532 g/mol. The third-order valence-electron chi connectivity index (χ3n) is 6.26. The fraction of sp³-hybridized carbons (Fsp3) is 0.235. The first-order valence-corrected chi connectivity index (χ1v) is 14.8. The van der Waals surface area contributed by atoms with Crippen molar-refractivity contribution in [3.8, 4) is 11.5 Å². The van der Waals surface area contributed by atoms with Crippen LogP contribution in [0.15, 0.2) is 113 Å². The fourth-order valence-electron chi connectivity index (χ4n) is 4.26. The van der Waals surface area contributed by atoms with E-state index >= 15 is 0 Å². The van der Waals surface area contributed by atoms with Crippen molar-refractivity contribution in [3.63, 3.8) is 0 Å². The first kappa shape index (κ1) is 29.7. The normalized spacial score (nSPS) is 10.6. The molecule has 0 aromatic heterocycles. The van der Waals surface area contributed by atoms with Gasteiger partial charge in [-0.15, -0.1) is 0 Å². The average molecular weight is 569 g/mol. The predicted octanol–water partition coefficient (Wildman–Crippen LogP) is 8.61. The zero-order valence-electron chi connectivity index (χ0n) is 23.5. The van der Waals surface area contributed by atoms with Gasteiger partial charge < -0.3 is 14.8 Å². The number of carbonyl (C=O) groups excluding carboxylic acids is 2. The van der Waals surface area contributed by atoms with Crippen LogP contribution in [0.2, 0.25) is 0 Å². The number of ether oxygens (including phenoxy) is 2. The summed E-state index contributed by atoms with van der Waals surface area (Å²) in [6, 6.07) is 33.0. The first-order valence-electron chi connectivity index (χ1n) is 14.0. The number of urea groups is 1. The number of anilines is 2. The van der Waals surface area contributed by atoms with Crippen LogP contribution in [-0.4, -0.2) is 25.2 Å². The van der Waals surface area contributed by atoms with E-state index in [-0.39, 0.29) is 12.0 Å². The third kappa shape index (κ3) is 9.15. The van der Waals surface area contributed by atoms with Crippen molar-refractivity contribution in [2.45, 2.75) is 49.3 Å². The van der Waals surface area contributed by atoms with Gasteiger partial charge in [-0.3, -0.25) is 9.69 Å². The Morgan fingerprint density at radius 1 is 0.805 bits per heavy atom. The molecule has 0 heterocycles. The Labute approximate surface area is 246 Å². The van der Waals surface area contributed by atoms with Crippen LogP contribution in [-0.2, 0) is 11.2 Å². The Bertz CT molecular complexity index is 1390. The van der Waals surface area contributed by atoms with Crippen molar-refractivity contribution in [2.75, 3.05) is 23.4 Å². The highest BCUT2D eigenvalue weighted by Gasteiger charge is 2.18. The van der Waals surface area contributed by atoms with Gasteiger partial charge in [-0.25, -0.2) is 4.79 Å². The van der Waals surface area contributed by atoms with Gasteiger partial charge in [0.05, 0.1) is 12.3 Å². The molecule has 0 saturated heterocycles. The maximum absolute atomic E-state index is 13.6. The maximum atomic E-state index is 13.6. The second-order valence-corrected chi connectivity index (χ2v) is 10.5. The van der Waals surface area contributed by atoms with Gasteiger partial charge in [-0.05, 0) is 92.4 Å². The van der Waals surface area contributed by atoms with Gasteiger partial charge in [-0.2, -0.15) is 0 Å². The lowest BCUT2D eigenvalue weighted by molar-refractivity contribution is -0.134. The van der Waals surface area contributed by atoms with Crippen LogP contribution in [0, 0.1) is 0 Å². The summed E-state index contributed by atoms with van der Waals surface area (Å²) in [5.41, 5.74) is 2.70. The van der Waals surface area contributed by atoms with Gasteiger partial charge in [0, 0.05) is 28.4 Å². The van der Waals surface area contributed by atoms with Crippen molar-refractivity contribution < 1.29 is 19.1 Å². The van der Waals surface area contributed by atoms with Crippen LogP contribution < -0.4 is 19.7 Å². The number of amides is 2. The van der Waals surface area contributed by atoms with Crippen molar-refractivity contribution in [1.82, 2.24) is 0 Å². The summed E-state index contributed by atoms with van der Waals surface area (Å²) in [5, 5.41) is 3.04. The second kappa shape index (κ2) is 15.5. The summed E-state index contributed by atoms with van der Waals surface area (Å²) in [6.45, 7) is 4.94. The smallest absolute Gasteiger partial charge is 0.326 e. The monoisotopic (exact) mass is 568 g/mol. The number of hydrogen-bond acceptors (Lipinski definition) is 5. The molecule has 0 atom stereocenters. The molecule has 212 valence electrons. The van der Waals surface area contributed by atoms with E-state index in [1.54, 1.807) is 16.7 Å². The molecule has 1 N–H and O–H groups in total. The summed E-state index contributed by atoms with van der Waals surface area (Å²) in [5.74, 6) is 0.971. The predicted molar refractivity (Wildman–Crippen MR) is 166 cm³/mol. The number of nitrogens with one attached hydrogen (secondary N) is 1. The Morgan fingerprint density at radius 2 is 1.46 bits per heavy atom. The largest absolute Gasteiger partial charge is 0.492 e. The van der Waals surface area contributed by atoms with Gasteiger partial charge in [0.1, 0.15) is 11.5 Å². The minimum absolute atomic E-state index is 0.209. The highest BCUT2D eigenvalue weighted by Crippen LogP contribution is 2.31. The quantitative estimate of drug-likeness (QED) is 0.129. The lowest BCUT2D eigenvalue weighted by Gasteiger charge is -2.24. The van der Waals surface area contributed by atoms with E-state index in [1.165, 1.54) is 5.56 Å². The first-order chi connectivity index (χ1) is 20.1. The Hall–Kier alpha value is -4.23. The van der Waals surface area contributed by atoms with E-state index in [1.807, 2.05) is 105 Å². The lowest BCUT2D eigenvalue weighted by Crippen LogP contribution is -2.36. The molecule has 0 bridgehead atoms. The zero-order chi connectivity index (χ0) is 28.9. The van der Waals surface area contributed by atoms with Crippen LogP contribution in [0.4, 0.5) is 16.2 Å². The van der Waals surface area contributed by atoms with E-state index < -0.39 is 0 Å². The molecule has 0 aliphatic carbocycles. The molecule has 7 heteroatoms. The molecule has 2 amide bonds. The molecule has 0 radical (unpaired) electrons. The number of aryl methyl sites for hydroxylation is 1. The highest BCUT2D eigenvalue weighted by molar-refractivity contribution is 7.99. The molecular formula is C34H36N2O4S. The van der Waals surface area contributed by atoms with Crippen molar-refractivity contribution in [1.29, 1.82) is 0 Å². The van der Waals surface area contributed by atoms with E-state index in [4.69, 9.17) is 9.47 Å². The molecule has 0 aliphatic rings. The van der Waals surface area contributed by atoms with Crippen LogP contribution in [0.5, 0.6) is 11.5 Å². The zero-order valence-corrected chi connectivity index (χ0v) is 24.4. The minimum Gasteiger partial charge on any atom is -0.492 e. The van der Waals surface area contributed by atoms with E-state index in [2.05, 4.69) is 17.4 Å². The maximum Gasteiger partial charge on any atom is 0.326 e. The molecule has 6 nitrogen and oxygen atoms in total. The van der Waals surface area contributed by atoms with E-state index in [0.717, 1.165) is 34.7 Å². The Kier molecular flexibility index (Phi) is 11.3. The van der Waals surface area contributed by atoms with Crippen LogP contribution in [0.1, 0.15) is 38.7 Å². The number of benzene rings is 4. The highest BCUT2D eigenvalue weighted by atomic mass is 32.2. The minimum atomic E-state index is -0.220. The SMILES string of the molecule is CCCC(=O)Oc1ccc(Sc2ccc(N(CCCc3ccccc3)C(=O)Nc3ccccc3OCC)cc2)cc1. The number of carbonyl (C=O) groups is 2. The molecule has 0 spiro atoms. The summed E-state index contributed by atoms with van der Waals surface area (Å²) in [4.78, 5) is 29.1. The summed E-state index contributed by atoms with van der Waals surface area (Å²) in [7, 11) is 0. The number of nitrogens with zero attached hydrogens (tertiary/aromatic N) is 1. The van der Waals surface area contributed by atoms with Gasteiger partial charge in [0.25, 0.3) is 0 Å². The van der Waals surface area contributed by atoms with E-state index in [9.17, 15) is 9.59 Å². The van der Waals surface area contributed by atoms with E-state index in [0.29, 0.717) is 36.8 Å². The van der Waals surface area contributed by atoms with Gasteiger partial charge in [0.15, 0.2) is 0 Å². The Morgan fingerprint density at radius 3 is 2.15 bits per heavy atom. The van der Waals surface area contributed by atoms with Crippen LogP contribution in [0.3, 0.4) is 0 Å². The molecule has 4 rings (SSSR count). The molecule has 4 aromatic carbocycles. The lowest BCUT2D eigenvalue weighted by atomic mass is 10.1. The average Bonchev–Trinajstić information content (AvgIpc) is 2.99. The second-order valence-electron chi connectivity index (χ2n) is 9.39. The molecule has 0 saturated carbocycles. The van der Waals surface area contributed by atoms with Crippen LogP contribution in [0.25, 0.3) is 0 Å². The summed E-state index contributed by atoms with van der Waals surface area (Å²) < 4.78 is 11.1. The molecule has 41 heavy (non-hydrogen) atoms. The summed E-state index contributed by atoms with van der Waals surface area (Å²) in [6.07, 6.45) is 2.85. The molecule has 4 aromatic rings. The van der Waals surface area contributed by atoms with Crippen LogP contribution >= 0.6 is 11.8 Å². The molecule has 0 fully saturated rings. The van der Waals surface area contributed by atoms with Crippen molar-refractivity contribution in [2.24, 2.45) is 0 Å². The summed E-state index contributed by atoms with van der Waals surface area (Å²) >= 11 is 1.60. The van der Waals surface area contributed by atoms with Gasteiger partial charge in [0.2, 0.25) is 0 Å². The Balaban J connectivity index is 1.45. The number of esters is 1. The van der Waals surface area contributed by atoms with Crippen molar-refractivity contribution >= 4 is 35.1 Å². The number of rotatable bonds is 13. The third-order valence-corrected chi connectivity index (χ3v) is 7.27. The van der Waals surface area contributed by atoms with Gasteiger partial charge in [-0.1, -0.05) is 61.2 Å². The number of para-hydroxylation sites is 2. The molecule has 0 unspecified atom stereocenters. The molecule has 0 aliphatic heterocycles. The fourth-order valence-corrected chi connectivity index (χ4v) is 5.08. The standard InChI is InChI=1S/C34H36N2O4S/c1-3-11-33(37)40-28-19-23-30(24-20-28)41-29-21-17-27(18-22-29)36(25-10-14-26-12-6-5-7-13-26)34(38)35-31-15-8-9-16-32(31)39-4-2/h5-9,12-13,15-24H,3-4,10-11,14,25H2,1-2H3,(H,35,38). The van der Waals surface area contributed by atoms with Gasteiger partial charge >= 0.3 is 12.0 Å². The number of hydrogen-bond donors (Lipinski definition) is 1. The van der Waals surface area contributed by atoms with Crippen molar-refractivity contribution in [3.05, 3.63) is 109 Å². The topological polar surface area (TPSA) is 67.9 Å².